The molecule has 0 aliphatic heterocycles. The molecule has 2 heterocycles. The molecule has 1 aliphatic carbocycles. The minimum atomic E-state index is -5.22. The Kier molecular flexibility index (Phi) is 13.3. The maximum atomic E-state index is 15.1. The summed E-state index contributed by atoms with van der Waals surface area (Å²) in [5, 5.41) is 17.2. The summed E-state index contributed by atoms with van der Waals surface area (Å²) >= 11 is 7.80. The lowest BCUT2D eigenvalue weighted by Crippen LogP contribution is -2.34. The van der Waals surface area contributed by atoms with E-state index in [1.165, 1.54) is 36.0 Å². The first-order chi connectivity index (χ1) is 28.2. The number of fused-ring (bicyclic) bond motifs is 1. The molecule has 0 bridgehead atoms. The van der Waals surface area contributed by atoms with E-state index in [9.17, 15) is 49.8 Å². The van der Waals surface area contributed by atoms with Gasteiger partial charge in [-0.25, -0.2) is 18.6 Å². The summed E-state index contributed by atoms with van der Waals surface area (Å²) in [5.41, 5.74) is 0.171. The van der Waals surface area contributed by atoms with Crippen LogP contribution in [-0.4, -0.2) is 73.4 Å². The number of halogens is 11. The number of nitrogens with one attached hydrogen (secondary N) is 2. The minimum absolute atomic E-state index is 0.0185. The molecular weight excluding hydrogens is 872 g/mol. The fraction of sp³-hybridized carbons (Fsp3) is 0.359. The van der Waals surface area contributed by atoms with Crippen molar-refractivity contribution in [2.45, 2.75) is 69.2 Å². The highest BCUT2D eigenvalue weighted by Crippen LogP contribution is 2.44. The van der Waals surface area contributed by atoms with E-state index in [0.29, 0.717) is 10.7 Å². The number of allylic oxidation sites excluding steroid dienone is 2. The largest absolute Gasteiger partial charge is 0.465 e. The van der Waals surface area contributed by atoms with Crippen molar-refractivity contribution in [3.05, 3.63) is 87.3 Å². The van der Waals surface area contributed by atoms with Gasteiger partial charge >= 0.3 is 18.4 Å². The summed E-state index contributed by atoms with van der Waals surface area (Å²) in [7, 11) is 0. The van der Waals surface area contributed by atoms with Gasteiger partial charge in [0.2, 0.25) is 5.91 Å². The maximum absolute atomic E-state index is 15.1. The number of carbonyl (C=O) groups excluding carboxylic acids is 1. The van der Waals surface area contributed by atoms with E-state index in [2.05, 4.69) is 32.2 Å². The van der Waals surface area contributed by atoms with Crippen LogP contribution >= 0.6 is 23.4 Å². The van der Waals surface area contributed by atoms with Gasteiger partial charge in [0, 0.05) is 29.2 Å². The Balaban J connectivity index is 1.76. The quantitative estimate of drug-likeness (QED) is 0.0916. The molecule has 10 nitrogen and oxygen atoms in total. The Labute approximate surface area is 350 Å². The molecule has 2 atom stereocenters. The van der Waals surface area contributed by atoms with Crippen LogP contribution in [0, 0.1) is 29.4 Å². The molecule has 0 saturated heterocycles. The van der Waals surface area contributed by atoms with Gasteiger partial charge < -0.3 is 16.2 Å². The van der Waals surface area contributed by atoms with Crippen molar-refractivity contribution in [2.75, 3.05) is 18.1 Å². The molecule has 2 aromatic carbocycles. The number of pyridine rings is 1. The number of benzene rings is 2. The molecule has 61 heavy (non-hydrogen) atoms. The summed E-state index contributed by atoms with van der Waals surface area (Å²) in [6, 6.07) is 5.98. The third-order valence-electron chi connectivity index (χ3n) is 9.27. The van der Waals surface area contributed by atoms with E-state index in [4.69, 9.17) is 17.3 Å². The van der Waals surface area contributed by atoms with Crippen molar-refractivity contribution < 1.29 is 58.6 Å². The van der Waals surface area contributed by atoms with Crippen molar-refractivity contribution in [3.8, 4) is 23.0 Å². The second kappa shape index (κ2) is 17.5. The minimum Gasteiger partial charge on any atom is -0.465 e. The van der Waals surface area contributed by atoms with Gasteiger partial charge in [-0.15, -0.1) is 11.8 Å². The van der Waals surface area contributed by atoms with E-state index in [0.717, 1.165) is 19.1 Å². The zero-order valence-corrected chi connectivity index (χ0v) is 33.8. The summed E-state index contributed by atoms with van der Waals surface area (Å²) < 4.78 is 142. The number of hydrogen-bond donors (Lipinski definition) is 4. The van der Waals surface area contributed by atoms with Gasteiger partial charge in [-0.3, -0.25) is 19.8 Å². The number of amides is 2. The van der Waals surface area contributed by atoms with Crippen molar-refractivity contribution in [1.29, 1.82) is 0 Å². The summed E-state index contributed by atoms with van der Waals surface area (Å²) in [5.74, 6) is -3.35. The first kappa shape index (κ1) is 46.6. The molecule has 1 unspecified atom stereocenters. The molecule has 1 fully saturated rings. The van der Waals surface area contributed by atoms with Crippen LogP contribution in [0.4, 0.5) is 54.5 Å². The maximum Gasteiger partial charge on any atom is 0.431 e. The lowest BCUT2D eigenvalue weighted by atomic mass is 9.93. The van der Waals surface area contributed by atoms with E-state index in [-0.39, 0.29) is 44.0 Å². The number of nitrogens with two attached hydrogens (primary N) is 1. The molecule has 1 aliphatic rings. The summed E-state index contributed by atoms with van der Waals surface area (Å²) in [4.78, 5) is 33.6. The number of rotatable bonds is 10. The lowest BCUT2D eigenvalue weighted by Gasteiger charge is -2.23. The summed E-state index contributed by atoms with van der Waals surface area (Å²) in [6.07, 6.45) is -11.7. The number of anilines is 1. The van der Waals surface area contributed by atoms with Crippen molar-refractivity contribution in [1.82, 2.24) is 20.1 Å². The lowest BCUT2D eigenvalue weighted by molar-refractivity contribution is -0.141. The molecule has 0 radical (unpaired) electrons. The molecule has 22 heteroatoms. The first-order valence-electron chi connectivity index (χ1n) is 17.8. The fourth-order valence-corrected chi connectivity index (χ4v) is 7.00. The van der Waals surface area contributed by atoms with Crippen molar-refractivity contribution in [2.24, 2.45) is 16.6 Å². The first-order valence-corrected chi connectivity index (χ1v) is 19.4. The zero-order chi connectivity index (χ0) is 45.4. The third-order valence-corrected chi connectivity index (χ3v) is 10.7. The van der Waals surface area contributed by atoms with Crippen LogP contribution in [-0.2, 0) is 17.8 Å². The Morgan fingerprint density at radius 2 is 1.72 bits per heavy atom. The highest BCUT2D eigenvalue weighted by molar-refractivity contribution is 8.00. The number of aliphatic imine (C=N–C) groups is 1. The van der Waals surface area contributed by atoms with Crippen LogP contribution in [0.3, 0.4) is 0 Å². The molecule has 4 aromatic rings. The van der Waals surface area contributed by atoms with Gasteiger partial charge in [-0.2, -0.15) is 40.2 Å². The van der Waals surface area contributed by atoms with Crippen LogP contribution < -0.4 is 16.4 Å². The molecule has 5 rings (SSSR count). The van der Waals surface area contributed by atoms with E-state index >= 15 is 8.78 Å². The number of carboxylic acid groups (broad SMARTS) is 1. The van der Waals surface area contributed by atoms with Gasteiger partial charge in [-0.05, 0) is 74.3 Å². The number of hydrogen-bond acceptors (Lipinski definition) is 7. The van der Waals surface area contributed by atoms with Crippen LogP contribution in [0.2, 0.25) is 5.02 Å². The van der Waals surface area contributed by atoms with Gasteiger partial charge in [-0.1, -0.05) is 30.5 Å². The predicted molar refractivity (Wildman–Crippen MR) is 209 cm³/mol. The van der Waals surface area contributed by atoms with E-state index in [1.807, 2.05) is 5.32 Å². The number of alkyl halides is 8. The zero-order valence-electron chi connectivity index (χ0n) is 32.2. The number of aromatic nitrogens is 3. The second-order valence-electron chi connectivity index (χ2n) is 14.4. The van der Waals surface area contributed by atoms with Crippen molar-refractivity contribution in [3.63, 3.8) is 0 Å². The Hall–Kier alpha value is -5.49. The van der Waals surface area contributed by atoms with Crippen LogP contribution in [0.25, 0.3) is 22.0 Å². The molecule has 1 saturated carbocycles. The Bertz CT molecular complexity index is 2490. The number of thioether (sulfide) groups is 1. The molecule has 2 aromatic heterocycles. The van der Waals surface area contributed by atoms with Crippen LogP contribution in [0.15, 0.2) is 58.7 Å². The Morgan fingerprint density at radius 1 is 1.08 bits per heavy atom. The molecule has 2 amide bonds. The van der Waals surface area contributed by atoms with E-state index < -0.39 is 107 Å². The van der Waals surface area contributed by atoms with Crippen molar-refractivity contribution >= 4 is 57.8 Å². The predicted octanol–water partition coefficient (Wildman–Crippen LogP) is 9.47. The topological polar surface area (TPSA) is 148 Å². The van der Waals surface area contributed by atoms with E-state index in [1.54, 1.807) is 20.1 Å². The molecule has 326 valence electrons. The van der Waals surface area contributed by atoms with Crippen LogP contribution in [0.5, 0.6) is 0 Å². The SMILES string of the molecule is CSC(C)(C)C#Cc1ccc(-c2ccc(Cl)c3c(NC(=O)O)nn(CC(F)(F)F)c23)c(C(Cc2cc(F)cc(F)c2)NC(=O)CN=C2/C(=C(\N)C(F)(F)F)[C@@H](C)CC2(F)F)n1. The second-order valence-corrected chi connectivity index (χ2v) is 16.2. The smallest absolute Gasteiger partial charge is 0.431 e. The van der Waals surface area contributed by atoms with Gasteiger partial charge in [0.25, 0.3) is 5.92 Å². The third kappa shape index (κ3) is 11.1. The monoisotopic (exact) mass is 905 g/mol. The van der Waals surface area contributed by atoms with Gasteiger partial charge in [0.05, 0.1) is 32.4 Å². The highest BCUT2D eigenvalue weighted by atomic mass is 35.5. The fourth-order valence-electron chi connectivity index (χ4n) is 6.61. The molecule has 5 N–H and O–H groups in total. The number of nitrogens with zero attached hydrogens (tertiary/aromatic N) is 4. The summed E-state index contributed by atoms with van der Waals surface area (Å²) in [6.45, 7) is 1.68. The van der Waals surface area contributed by atoms with Gasteiger partial charge in [0.1, 0.15) is 41.8 Å². The number of carbonyl (C=O) groups is 2. The highest BCUT2D eigenvalue weighted by Gasteiger charge is 2.52. The standard InChI is InChI=1S/C39H34ClF10N7O3S/c1-18-15-37(43,44)33(28(18)32(51)39(48,49)50)52-16-27(58)54-26(13-19-11-20(41)14-21(42)12-19)30-23(6-5-22(53-30)9-10-36(2,3)61-4)24-7-8-25(40)29-31(24)57(17-38(45,46)47)56-34(29)55-35(59)60/h5-8,11-12,14,18,26H,13,15-17,51H2,1-4H3,(H,54,58)(H,55,56)(H,59,60)/b32-28-,52-33?/t18-,26?/m0/s1. The van der Waals surface area contributed by atoms with Gasteiger partial charge in [0.15, 0.2) is 5.82 Å². The van der Waals surface area contributed by atoms with Crippen LogP contribution in [0.1, 0.15) is 50.2 Å². The average molecular weight is 906 g/mol. The Morgan fingerprint density at radius 3 is 2.31 bits per heavy atom. The molecular formula is C39H34ClF10N7O3S. The molecule has 0 spiro atoms. The normalized spacial score (nSPS) is 17.6. The average Bonchev–Trinajstić information content (AvgIpc) is 3.58.